The highest BCUT2D eigenvalue weighted by molar-refractivity contribution is 4.82. The number of hydrogen-bond acceptors (Lipinski definition) is 1. The second kappa shape index (κ2) is 13.6. The Kier molecular flexibility index (Phi) is 13.2. The van der Waals surface area contributed by atoms with Gasteiger partial charge in [-0.05, 0) is 31.9 Å². The topological polar surface area (TPSA) is 3.24 Å². The summed E-state index contributed by atoms with van der Waals surface area (Å²) in [6, 6.07) is 0. The molecule has 1 nitrogen and oxygen atoms in total. The highest BCUT2D eigenvalue weighted by Crippen LogP contribution is 2.05. The minimum absolute atomic E-state index is 1.24. The number of rotatable bonds is 12. The molecule has 0 heterocycles. The first-order valence-corrected chi connectivity index (χ1v) is 7.75. The molecule has 0 saturated heterocycles. The van der Waals surface area contributed by atoms with E-state index in [1.807, 2.05) is 0 Å². The molecule has 0 aliphatic carbocycles. The molecule has 0 aliphatic rings. The van der Waals surface area contributed by atoms with Crippen molar-refractivity contribution in [2.24, 2.45) is 0 Å². The molecule has 102 valence electrons. The Hall–Kier alpha value is -0.460. The molecule has 17 heavy (non-hydrogen) atoms. The Morgan fingerprint density at radius 3 is 1.82 bits per heavy atom. The lowest BCUT2D eigenvalue weighted by Gasteiger charge is -2.19. The third kappa shape index (κ3) is 11.8. The van der Waals surface area contributed by atoms with E-state index in [0.717, 1.165) is 0 Å². The third-order valence-corrected chi connectivity index (χ3v) is 3.14. The van der Waals surface area contributed by atoms with Crippen molar-refractivity contribution in [2.45, 2.75) is 78.6 Å². The number of unbranched alkanes of at least 4 members (excludes halogenated alkanes) is 6. The van der Waals surface area contributed by atoms with Gasteiger partial charge >= 0.3 is 0 Å². The van der Waals surface area contributed by atoms with E-state index in [9.17, 15) is 0 Å². The summed E-state index contributed by atoms with van der Waals surface area (Å²) in [5, 5.41) is 0. The first kappa shape index (κ1) is 16.5. The van der Waals surface area contributed by atoms with E-state index in [0.29, 0.717) is 0 Å². The van der Waals surface area contributed by atoms with Crippen molar-refractivity contribution in [3.63, 3.8) is 0 Å². The average Bonchev–Trinajstić information content (AvgIpc) is 2.35. The smallest absolute Gasteiger partial charge is 0.0172 e. The Bertz CT molecular complexity index is 155. The van der Waals surface area contributed by atoms with E-state index in [1.165, 1.54) is 70.9 Å². The predicted octanol–water partition coefficient (Wildman–Crippen LogP) is 5.37. The van der Waals surface area contributed by atoms with Crippen molar-refractivity contribution in [1.29, 1.82) is 0 Å². The van der Waals surface area contributed by atoms with Crippen molar-refractivity contribution >= 4 is 0 Å². The second-order valence-electron chi connectivity index (χ2n) is 4.98. The molecule has 0 radical (unpaired) electrons. The molecule has 0 saturated carbocycles. The van der Waals surface area contributed by atoms with Gasteiger partial charge in [0.05, 0.1) is 0 Å². The first-order chi connectivity index (χ1) is 8.35. The van der Waals surface area contributed by atoms with Crippen LogP contribution >= 0.6 is 0 Å². The summed E-state index contributed by atoms with van der Waals surface area (Å²) in [6.07, 6.45) is 16.7. The van der Waals surface area contributed by atoms with Gasteiger partial charge < -0.3 is 4.90 Å². The molecule has 0 spiro atoms. The second-order valence-corrected chi connectivity index (χ2v) is 4.98. The Morgan fingerprint density at radius 1 is 0.706 bits per heavy atom. The summed E-state index contributed by atoms with van der Waals surface area (Å²) in [5.74, 6) is 0. The van der Waals surface area contributed by atoms with Crippen LogP contribution in [-0.4, -0.2) is 18.0 Å². The van der Waals surface area contributed by atoms with Gasteiger partial charge in [0.15, 0.2) is 0 Å². The van der Waals surface area contributed by atoms with E-state index < -0.39 is 0 Å². The first-order valence-electron chi connectivity index (χ1n) is 7.75. The monoisotopic (exact) mass is 239 g/mol. The molecule has 0 N–H and O–H groups in total. The zero-order chi connectivity index (χ0) is 12.8. The Labute approximate surface area is 109 Å². The standard InChI is InChI=1S/C16H33N/c1-4-7-10-11-12-13-16-17(14-8-5-2)15-9-6-3/h13,16H,4-12,14-15H2,1-3H3. The maximum atomic E-state index is 2.51. The summed E-state index contributed by atoms with van der Waals surface area (Å²) in [6.45, 7) is 9.29. The summed E-state index contributed by atoms with van der Waals surface area (Å²) >= 11 is 0. The molecular formula is C16H33N. The van der Waals surface area contributed by atoms with Crippen molar-refractivity contribution in [3.8, 4) is 0 Å². The van der Waals surface area contributed by atoms with Gasteiger partial charge in [0, 0.05) is 13.1 Å². The lowest BCUT2D eigenvalue weighted by Crippen LogP contribution is -2.19. The number of nitrogens with zero attached hydrogens (tertiary/aromatic N) is 1. The van der Waals surface area contributed by atoms with Gasteiger partial charge in [-0.2, -0.15) is 0 Å². The quantitative estimate of drug-likeness (QED) is 0.414. The number of allylic oxidation sites excluding steroid dienone is 1. The largest absolute Gasteiger partial charge is 0.378 e. The van der Waals surface area contributed by atoms with E-state index in [-0.39, 0.29) is 0 Å². The normalized spacial score (nSPS) is 11.2. The Morgan fingerprint density at radius 2 is 1.29 bits per heavy atom. The molecular weight excluding hydrogens is 206 g/mol. The van der Waals surface area contributed by atoms with Crippen LogP contribution in [0.3, 0.4) is 0 Å². The highest BCUT2D eigenvalue weighted by atomic mass is 15.1. The molecule has 1 heteroatoms. The summed E-state index contributed by atoms with van der Waals surface area (Å²) < 4.78 is 0. The molecule has 0 bridgehead atoms. The molecule has 0 unspecified atom stereocenters. The fourth-order valence-electron chi connectivity index (χ4n) is 1.90. The van der Waals surface area contributed by atoms with Crippen molar-refractivity contribution in [1.82, 2.24) is 4.90 Å². The minimum atomic E-state index is 1.24. The number of hydrogen-bond donors (Lipinski definition) is 0. The molecule has 0 amide bonds. The van der Waals surface area contributed by atoms with Crippen LogP contribution in [0.15, 0.2) is 12.3 Å². The SMILES string of the molecule is CCCCCCC=CN(CCCC)CCCC. The Balaban J connectivity index is 3.66. The molecule has 0 rings (SSSR count). The van der Waals surface area contributed by atoms with Gasteiger partial charge in [0.1, 0.15) is 0 Å². The maximum absolute atomic E-state index is 2.51. The third-order valence-electron chi connectivity index (χ3n) is 3.14. The predicted molar refractivity (Wildman–Crippen MR) is 79.3 cm³/mol. The van der Waals surface area contributed by atoms with Gasteiger partial charge in [0.25, 0.3) is 0 Å². The zero-order valence-corrected chi connectivity index (χ0v) is 12.4. The van der Waals surface area contributed by atoms with Crippen LogP contribution in [0.1, 0.15) is 78.6 Å². The van der Waals surface area contributed by atoms with Gasteiger partial charge in [-0.1, -0.05) is 59.0 Å². The van der Waals surface area contributed by atoms with Crippen LogP contribution in [0, 0.1) is 0 Å². The zero-order valence-electron chi connectivity index (χ0n) is 12.4. The van der Waals surface area contributed by atoms with Crippen LogP contribution < -0.4 is 0 Å². The highest BCUT2D eigenvalue weighted by Gasteiger charge is 1.97. The van der Waals surface area contributed by atoms with E-state index >= 15 is 0 Å². The van der Waals surface area contributed by atoms with E-state index in [1.54, 1.807) is 0 Å². The molecule has 0 aromatic rings. The van der Waals surface area contributed by atoms with E-state index in [2.05, 4.69) is 37.9 Å². The molecule has 0 aliphatic heterocycles. The van der Waals surface area contributed by atoms with Crippen LogP contribution in [0.25, 0.3) is 0 Å². The van der Waals surface area contributed by atoms with Crippen LogP contribution in [0.2, 0.25) is 0 Å². The summed E-state index contributed by atoms with van der Waals surface area (Å²) in [4.78, 5) is 2.51. The molecule has 0 atom stereocenters. The van der Waals surface area contributed by atoms with Gasteiger partial charge in [-0.3, -0.25) is 0 Å². The van der Waals surface area contributed by atoms with Crippen molar-refractivity contribution in [2.75, 3.05) is 13.1 Å². The molecule has 0 aromatic carbocycles. The van der Waals surface area contributed by atoms with E-state index in [4.69, 9.17) is 0 Å². The minimum Gasteiger partial charge on any atom is -0.378 e. The van der Waals surface area contributed by atoms with Crippen LogP contribution in [0.4, 0.5) is 0 Å². The maximum Gasteiger partial charge on any atom is 0.0172 e. The lowest BCUT2D eigenvalue weighted by atomic mass is 10.1. The van der Waals surface area contributed by atoms with Gasteiger partial charge in [-0.25, -0.2) is 0 Å². The fourth-order valence-corrected chi connectivity index (χ4v) is 1.90. The van der Waals surface area contributed by atoms with Crippen LogP contribution in [0.5, 0.6) is 0 Å². The van der Waals surface area contributed by atoms with Gasteiger partial charge in [-0.15, -0.1) is 0 Å². The van der Waals surface area contributed by atoms with Gasteiger partial charge in [0.2, 0.25) is 0 Å². The lowest BCUT2D eigenvalue weighted by molar-refractivity contribution is 0.359. The summed E-state index contributed by atoms with van der Waals surface area (Å²) in [5.41, 5.74) is 0. The van der Waals surface area contributed by atoms with Crippen molar-refractivity contribution < 1.29 is 0 Å². The summed E-state index contributed by atoms with van der Waals surface area (Å²) in [7, 11) is 0. The molecule has 0 aromatic heterocycles. The van der Waals surface area contributed by atoms with Crippen LogP contribution in [-0.2, 0) is 0 Å². The molecule has 0 fully saturated rings. The van der Waals surface area contributed by atoms with Crippen molar-refractivity contribution in [3.05, 3.63) is 12.3 Å². The fraction of sp³-hybridized carbons (Fsp3) is 0.875. The average molecular weight is 239 g/mol.